The van der Waals surface area contributed by atoms with Gasteiger partial charge in [-0.25, -0.2) is 0 Å². The van der Waals surface area contributed by atoms with Crippen LogP contribution < -0.4 is 14.8 Å². The zero-order chi connectivity index (χ0) is 13.4. The molecule has 1 atom stereocenters. The lowest BCUT2D eigenvalue weighted by atomic mass is 10.00. The third-order valence-electron chi connectivity index (χ3n) is 2.90. The van der Waals surface area contributed by atoms with E-state index in [4.69, 9.17) is 9.47 Å². The van der Waals surface area contributed by atoms with E-state index >= 15 is 0 Å². The van der Waals surface area contributed by atoms with Gasteiger partial charge >= 0.3 is 0 Å². The van der Waals surface area contributed by atoms with Crippen molar-refractivity contribution in [3.8, 4) is 23.3 Å². The van der Waals surface area contributed by atoms with Gasteiger partial charge in [0.2, 0.25) is 0 Å². The van der Waals surface area contributed by atoms with Gasteiger partial charge in [0.05, 0.1) is 19.8 Å². The van der Waals surface area contributed by atoms with Crippen LogP contribution in [0, 0.1) is 11.8 Å². The van der Waals surface area contributed by atoms with E-state index in [2.05, 4.69) is 17.2 Å². The highest BCUT2D eigenvalue weighted by Crippen LogP contribution is 2.35. The zero-order valence-electron chi connectivity index (χ0n) is 11.5. The van der Waals surface area contributed by atoms with E-state index in [1.54, 1.807) is 14.2 Å². The molecule has 1 aromatic rings. The van der Waals surface area contributed by atoms with Gasteiger partial charge in [-0.3, -0.25) is 0 Å². The summed E-state index contributed by atoms with van der Waals surface area (Å²) in [6, 6.07) is 6.01. The Hall–Kier alpha value is -1.66. The van der Waals surface area contributed by atoms with Crippen LogP contribution in [0.5, 0.6) is 11.5 Å². The predicted molar refractivity (Wildman–Crippen MR) is 74.0 cm³/mol. The topological polar surface area (TPSA) is 30.5 Å². The molecule has 0 radical (unpaired) electrons. The maximum atomic E-state index is 5.42. The molecule has 0 fully saturated rings. The summed E-state index contributed by atoms with van der Waals surface area (Å²) in [6.45, 7) is 1.86. The minimum Gasteiger partial charge on any atom is -0.496 e. The summed E-state index contributed by atoms with van der Waals surface area (Å²) in [5, 5.41) is 3.30. The Morgan fingerprint density at radius 2 is 1.83 bits per heavy atom. The first-order valence-corrected chi connectivity index (χ1v) is 6.06. The molecule has 0 saturated heterocycles. The molecule has 18 heavy (non-hydrogen) atoms. The second kappa shape index (κ2) is 7.62. The standard InChI is InChI=1S/C15H21NO2/c1-5-6-7-9-12(16-2)15-13(17-3)10-8-11-14(15)18-4/h8,10-12,16H,7,9H2,1-4H3. The molecule has 1 unspecified atom stereocenters. The van der Waals surface area contributed by atoms with Crippen molar-refractivity contribution in [2.75, 3.05) is 21.3 Å². The van der Waals surface area contributed by atoms with E-state index in [1.165, 1.54) is 0 Å². The van der Waals surface area contributed by atoms with Crippen LogP contribution in [0.15, 0.2) is 18.2 Å². The highest BCUT2D eigenvalue weighted by Gasteiger charge is 2.18. The molecule has 0 spiro atoms. The largest absolute Gasteiger partial charge is 0.496 e. The quantitative estimate of drug-likeness (QED) is 0.784. The molecule has 0 bridgehead atoms. The van der Waals surface area contributed by atoms with Crippen molar-refractivity contribution in [2.24, 2.45) is 0 Å². The molecular weight excluding hydrogens is 226 g/mol. The summed E-state index contributed by atoms with van der Waals surface area (Å²) < 4.78 is 10.8. The second-order valence-corrected chi connectivity index (χ2v) is 3.88. The number of nitrogens with one attached hydrogen (secondary N) is 1. The van der Waals surface area contributed by atoms with Crippen LogP contribution in [-0.2, 0) is 0 Å². The van der Waals surface area contributed by atoms with Crippen molar-refractivity contribution in [2.45, 2.75) is 25.8 Å². The van der Waals surface area contributed by atoms with Crippen molar-refractivity contribution in [1.29, 1.82) is 0 Å². The Balaban J connectivity index is 3.04. The van der Waals surface area contributed by atoms with E-state index in [9.17, 15) is 0 Å². The molecule has 3 nitrogen and oxygen atoms in total. The van der Waals surface area contributed by atoms with Crippen LogP contribution in [0.1, 0.15) is 31.4 Å². The van der Waals surface area contributed by atoms with Crippen LogP contribution in [0.4, 0.5) is 0 Å². The summed E-state index contributed by atoms with van der Waals surface area (Å²) in [7, 11) is 5.30. The molecule has 1 N–H and O–H groups in total. The number of rotatable bonds is 6. The third-order valence-corrected chi connectivity index (χ3v) is 2.90. The Kier molecular flexibility index (Phi) is 6.10. The van der Waals surface area contributed by atoms with Gasteiger partial charge in [0.1, 0.15) is 11.5 Å². The fourth-order valence-corrected chi connectivity index (χ4v) is 2.00. The zero-order valence-corrected chi connectivity index (χ0v) is 11.5. The third kappa shape index (κ3) is 3.41. The van der Waals surface area contributed by atoms with Crippen LogP contribution >= 0.6 is 0 Å². The van der Waals surface area contributed by atoms with Crippen molar-refractivity contribution < 1.29 is 9.47 Å². The van der Waals surface area contributed by atoms with E-state index in [1.807, 2.05) is 32.2 Å². The molecule has 0 aliphatic carbocycles. The average Bonchev–Trinajstić information content (AvgIpc) is 2.43. The molecule has 0 amide bonds. The van der Waals surface area contributed by atoms with E-state index in [-0.39, 0.29) is 6.04 Å². The summed E-state index contributed by atoms with van der Waals surface area (Å²) in [5.41, 5.74) is 1.06. The lowest BCUT2D eigenvalue weighted by molar-refractivity contribution is 0.370. The van der Waals surface area contributed by atoms with Gasteiger partial charge in [0, 0.05) is 12.5 Å². The summed E-state index contributed by atoms with van der Waals surface area (Å²) in [5.74, 6) is 7.69. The molecular formula is C15H21NO2. The molecule has 98 valence electrons. The first-order chi connectivity index (χ1) is 8.78. The number of hydrogen-bond acceptors (Lipinski definition) is 3. The average molecular weight is 247 g/mol. The lowest BCUT2D eigenvalue weighted by Crippen LogP contribution is -2.18. The van der Waals surface area contributed by atoms with Crippen molar-refractivity contribution in [3.63, 3.8) is 0 Å². The van der Waals surface area contributed by atoms with Gasteiger partial charge in [-0.2, -0.15) is 0 Å². The molecule has 0 aliphatic heterocycles. The Bertz CT molecular complexity index is 410. The first-order valence-electron chi connectivity index (χ1n) is 6.06. The summed E-state index contributed by atoms with van der Waals surface area (Å²) >= 11 is 0. The van der Waals surface area contributed by atoms with Crippen molar-refractivity contribution in [1.82, 2.24) is 5.32 Å². The van der Waals surface area contributed by atoms with Gasteiger partial charge in [0.15, 0.2) is 0 Å². The SMILES string of the molecule is CC#CCCC(NC)c1c(OC)cccc1OC. The minimum absolute atomic E-state index is 0.178. The van der Waals surface area contributed by atoms with E-state index < -0.39 is 0 Å². The van der Waals surface area contributed by atoms with Crippen LogP contribution in [-0.4, -0.2) is 21.3 Å². The highest BCUT2D eigenvalue weighted by molar-refractivity contribution is 5.47. The smallest absolute Gasteiger partial charge is 0.127 e. The number of ether oxygens (including phenoxy) is 2. The molecule has 3 heteroatoms. The number of hydrogen-bond donors (Lipinski definition) is 1. The van der Waals surface area contributed by atoms with Gasteiger partial charge in [-0.15, -0.1) is 11.8 Å². The highest BCUT2D eigenvalue weighted by atomic mass is 16.5. The Labute approximate surface area is 109 Å². The normalized spacial score (nSPS) is 11.3. The van der Waals surface area contributed by atoms with Gasteiger partial charge < -0.3 is 14.8 Å². The maximum Gasteiger partial charge on any atom is 0.127 e. The summed E-state index contributed by atoms with van der Waals surface area (Å²) in [6.07, 6.45) is 1.78. The molecule has 0 saturated carbocycles. The monoisotopic (exact) mass is 247 g/mol. The Morgan fingerprint density at radius 3 is 2.28 bits per heavy atom. The van der Waals surface area contributed by atoms with Crippen LogP contribution in [0.2, 0.25) is 0 Å². The summed E-state index contributed by atoms with van der Waals surface area (Å²) in [4.78, 5) is 0. The fourth-order valence-electron chi connectivity index (χ4n) is 2.00. The lowest BCUT2D eigenvalue weighted by Gasteiger charge is -2.21. The van der Waals surface area contributed by atoms with Crippen LogP contribution in [0.3, 0.4) is 0 Å². The van der Waals surface area contributed by atoms with E-state index in [0.717, 1.165) is 29.9 Å². The molecule has 0 heterocycles. The van der Waals surface area contributed by atoms with Crippen LogP contribution in [0.25, 0.3) is 0 Å². The fraction of sp³-hybridized carbons (Fsp3) is 0.467. The molecule has 0 aromatic heterocycles. The van der Waals surface area contributed by atoms with E-state index in [0.29, 0.717) is 0 Å². The predicted octanol–water partition coefficient (Wildman–Crippen LogP) is 2.77. The second-order valence-electron chi connectivity index (χ2n) is 3.88. The Morgan fingerprint density at radius 1 is 1.22 bits per heavy atom. The first kappa shape index (κ1) is 14.4. The van der Waals surface area contributed by atoms with Gasteiger partial charge in [-0.1, -0.05) is 6.07 Å². The van der Waals surface area contributed by atoms with Crippen molar-refractivity contribution in [3.05, 3.63) is 23.8 Å². The van der Waals surface area contributed by atoms with Crippen molar-refractivity contribution >= 4 is 0 Å². The minimum atomic E-state index is 0.178. The maximum absolute atomic E-state index is 5.42. The number of methoxy groups -OCH3 is 2. The molecule has 1 aromatic carbocycles. The van der Waals surface area contributed by atoms with Gasteiger partial charge in [-0.05, 0) is 32.5 Å². The van der Waals surface area contributed by atoms with Gasteiger partial charge in [0.25, 0.3) is 0 Å². The number of benzene rings is 1. The molecule has 1 rings (SSSR count). The molecule has 0 aliphatic rings.